The second-order valence-electron chi connectivity index (χ2n) is 19.0. The summed E-state index contributed by atoms with van der Waals surface area (Å²) in [5, 5.41) is 35.0. The van der Waals surface area contributed by atoms with Crippen molar-refractivity contribution in [2.24, 2.45) is 5.41 Å². The van der Waals surface area contributed by atoms with Crippen LogP contribution >= 0.6 is 11.3 Å². The van der Waals surface area contributed by atoms with E-state index in [0.717, 1.165) is 73.0 Å². The number of nitrogens with one attached hydrogen (secondary N) is 2. The summed E-state index contributed by atoms with van der Waals surface area (Å²) in [6.45, 7) is 11.8. The molecule has 2 aliphatic heterocycles. The highest BCUT2D eigenvalue weighted by atomic mass is 32.1. The van der Waals surface area contributed by atoms with Crippen LogP contribution in [0.25, 0.3) is 21.7 Å². The number of phenolic OH excluding ortho intramolecular Hbond substituents is 1. The van der Waals surface area contributed by atoms with Gasteiger partial charge in [0.05, 0.1) is 40.2 Å². The molecule has 0 bridgehead atoms. The number of amides is 3. The van der Waals surface area contributed by atoms with Gasteiger partial charge in [-0.1, -0.05) is 69.3 Å². The number of aromatic nitrogens is 3. The number of phenols is 1. The van der Waals surface area contributed by atoms with Crippen molar-refractivity contribution in [3.05, 3.63) is 101 Å². The number of anilines is 2. The lowest BCUT2D eigenvalue weighted by atomic mass is 9.85. The molecule has 3 aromatic carbocycles. The van der Waals surface area contributed by atoms with E-state index in [1.807, 2.05) is 43.3 Å². The van der Waals surface area contributed by atoms with E-state index in [0.29, 0.717) is 29.4 Å². The number of hydrogen-bond acceptors (Lipinski definition) is 13. The van der Waals surface area contributed by atoms with Crippen molar-refractivity contribution in [1.82, 2.24) is 35.6 Å². The van der Waals surface area contributed by atoms with Gasteiger partial charge in [0.2, 0.25) is 11.8 Å². The Morgan fingerprint density at radius 1 is 1.00 bits per heavy atom. The zero-order valence-corrected chi connectivity index (χ0v) is 39.3. The van der Waals surface area contributed by atoms with Crippen LogP contribution in [-0.4, -0.2) is 116 Å². The largest absolute Gasteiger partial charge is 0.507 e. The zero-order valence-electron chi connectivity index (χ0n) is 38.5. The normalized spacial score (nSPS) is 18.7. The maximum Gasteiger partial charge on any atom is 0.258 e. The number of aliphatic hydroxyl groups excluding tert-OH is 1. The van der Waals surface area contributed by atoms with Gasteiger partial charge in [-0.25, -0.2) is 9.37 Å². The summed E-state index contributed by atoms with van der Waals surface area (Å²) in [6.07, 6.45) is 0.876. The van der Waals surface area contributed by atoms with Crippen LogP contribution in [0.1, 0.15) is 68.8 Å². The smallest absolute Gasteiger partial charge is 0.258 e. The molecule has 1 saturated carbocycles. The number of hydrogen-bond donors (Lipinski definition) is 5. The van der Waals surface area contributed by atoms with Crippen LogP contribution in [0.3, 0.4) is 0 Å². The van der Waals surface area contributed by atoms with Gasteiger partial charge < -0.3 is 41.1 Å². The van der Waals surface area contributed by atoms with Crippen molar-refractivity contribution >= 4 is 40.6 Å². The van der Waals surface area contributed by atoms with E-state index < -0.39 is 47.0 Å². The van der Waals surface area contributed by atoms with Crippen LogP contribution in [0.2, 0.25) is 0 Å². The van der Waals surface area contributed by atoms with Gasteiger partial charge in [-0.05, 0) is 79.0 Å². The molecule has 0 spiro atoms. The predicted molar refractivity (Wildman–Crippen MR) is 256 cm³/mol. The number of carbonyl (C=O) groups excluding carboxylic acids is 3. The second kappa shape index (κ2) is 20.0. The van der Waals surface area contributed by atoms with E-state index in [1.165, 1.54) is 27.4 Å². The Morgan fingerprint density at radius 2 is 1.73 bits per heavy atom. The first-order valence-electron chi connectivity index (χ1n) is 23.0. The molecule has 17 heteroatoms. The van der Waals surface area contributed by atoms with E-state index in [4.69, 9.17) is 10.5 Å². The number of para-hydroxylation sites is 1. The van der Waals surface area contributed by atoms with E-state index in [1.54, 1.807) is 38.4 Å². The van der Waals surface area contributed by atoms with Crippen LogP contribution in [-0.2, 0) is 33.9 Å². The molecule has 3 atom stereocenters. The van der Waals surface area contributed by atoms with E-state index >= 15 is 0 Å². The summed E-state index contributed by atoms with van der Waals surface area (Å²) < 4.78 is 21.1. The summed E-state index contributed by atoms with van der Waals surface area (Å²) in [5.74, 6) is -0.669. The molecule has 1 aliphatic carbocycles. The van der Waals surface area contributed by atoms with Gasteiger partial charge in [-0.15, -0.1) is 21.5 Å². The number of nitrogens with zero attached hydrogens (tertiary/aromatic N) is 6. The van der Waals surface area contributed by atoms with Crippen LogP contribution in [0.5, 0.6) is 11.5 Å². The second-order valence-corrected chi connectivity index (χ2v) is 19.8. The number of likely N-dealkylation sites (tertiary alicyclic amines) is 1. The third-order valence-corrected chi connectivity index (χ3v) is 13.8. The maximum absolute atomic E-state index is 14.7. The molecule has 3 aliphatic rings. The Labute approximate surface area is 394 Å². The van der Waals surface area contributed by atoms with Gasteiger partial charge in [0.15, 0.2) is 11.5 Å². The van der Waals surface area contributed by atoms with Crippen molar-refractivity contribution in [2.75, 3.05) is 50.0 Å². The lowest BCUT2D eigenvalue weighted by Gasteiger charge is -2.36. The first-order chi connectivity index (χ1) is 32.1. The molecular weight excluding hydrogens is 874 g/mol. The number of nitrogens with two attached hydrogens (primary N) is 1. The first kappa shape index (κ1) is 47.3. The number of piperazine rings is 1. The summed E-state index contributed by atoms with van der Waals surface area (Å²) in [4.78, 5) is 51.9. The number of halogens is 1. The molecule has 8 rings (SSSR count). The van der Waals surface area contributed by atoms with E-state index in [9.17, 15) is 29.0 Å². The highest BCUT2D eigenvalue weighted by Crippen LogP contribution is 2.41. The average Bonchev–Trinajstić information content (AvgIpc) is 3.72. The Kier molecular flexibility index (Phi) is 14.1. The summed E-state index contributed by atoms with van der Waals surface area (Å²) in [5.41, 5.74) is 12.4. The van der Waals surface area contributed by atoms with Crippen molar-refractivity contribution in [3.63, 3.8) is 0 Å². The fraction of sp³-hybridized carbons (Fsp3) is 0.440. The lowest BCUT2D eigenvalue weighted by Crippen LogP contribution is -2.59. The molecule has 6 N–H and O–H groups in total. The molecule has 3 amide bonds. The van der Waals surface area contributed by atoms with Crippen molar-refractivity contribution < 1.29 is 33.7 Å². The molecule has 67 heavy (non-hydrogen) atoms. The minimum absolute atomic E-state index is 0.0335. The van der Waals surface area contributed by atoms with Crippen LogP contribution in [0.4, 0.5) is 15.9 Å². The van der Waals surface area contributed by atoms with Gasteiger partial charge in [-0.2, -0.15) is 0 Å². The lowest BCUT2D eigenvalue weighted by molar-refractivity contribution is -0.145. The highest BCUT2D eigenvalue weighted by Gasteiger charge is 2.53. The van der Waals surface area contributed by atoms with Gasteiger partial charge in [-0.3, -0.25) is 19.3 Å². The molecule has 5 aromatic rings. The van der Waals surface area contributed by atoms with Gasteiger partial charge in [0.25, 0.3) is 5.91 Å². The number of nitrogen functional groups attached to an aromatic ring is 1. The number of thiazole rings is 1. The molecule has 0 unspecified atom stereocenters. The average molecular weight is 934 g/mol. The minimum atomic E-state index is -1.97. The molecule has 354 valence electrons. The fourth-order valence-electron chi connectivity index (χ4n) is 8.71. The van der Waals surface area contributed by atoms with E-state index in [-0.39, 0.29) is 38.1 Å². The monoisotopic (exact) mass is 933 g/mol. The number of carbonyl (C=O) groups is 3. The molecule has 2 aromatic heterocycles. The number of alkyl halides is 1. The first-order valence-corrected chi connectivity index (χ1v) is 23.8. The van der Waals surface area contributed by atoms with Crippen molar-refractivity contribution in [2.45, 2.75) is 96.7 Å². The van der Waals surface area contributed by atoms with Gasteiger partial charge >= 0.3 is 0 Å². The quantitative estimate of drug-likeness (QED) is 0.0746. The number of β-amino-alcohol motifs (C(OH)–C–C–N with tert-alkyl or cyclic N) is 1. The Morgan fingerprint density at radius 3 is 2.42 bits per heavy atom. The number of aliphatic hydroxyl groups is 1. The zero-order chi connectivity index (χ0) is 47.5. The van der Waals surface area contributed by atoms with E-state index in [2.05, 4.69) is 59.9 Å². The maximum atomic E-state index is 14.7. The molecule has 0 radical (unpaired) electrons. The predicted octanol–water partition coefficient (Wildman–Crippen LogP) is 5.81. The molecule has 15 nitrogen and oxygen atoms in total. The van der Waals surface area contributed by atoms with Crippen LogP contribution in [0.15, 0.2) is 78.3 Å². The van der Waals surface area contributed by atoms with Gasteiger partial charge in [0.1, 0.15) is 23.6 Å². The van der Waals surface area contributed by atoms with Crippen LogP contribution < -0.4 is 26.0 Å². The van der Waals surface area contributed by atoms with Crippen molar-refractivity contribution in [1.29, 1.82) is 0 Å². The summed E-state index contributed by atoms with van der Waals surface area (Å²) >= 11 is 1.54. The highest BCUT2D eigenvalue weighted by molar-refractivity contribution is 7.13. The topological polar surface area (TPSA) is 199 Å². The minimum Gasteiger partial charge on any atom is -0.507 e. The number of ether oxygens (including phenoxy) is 1. The number of aryl methyl sites for hydroxylation is 2. The SMILES string of the molecule is Cc1ncsc1-c1ccc(CNC(=O)[C@@H]2C[C@@H](O)CN2C(=O)[C@@H](NC(=O)C2(F)CC2)C(C)(C)C)c(OCCCc2ccc(CN3CCN(c4cc(-c5ccccc5O)nnc4N)CC3)cc2)c1. The summed E-state index contributed by atoms with van der Waals surface area (Å²) in [7, 11) is 0. The van der Waals surface area contributed by atoms with Gasteiger partial charge in [0, 0.05) is 63.4 Å². The van der Waals surface area contributed by atoms with Crippen molar-refractivity contribution in [3.8, 4) is 33.2 Å². The number of aromatic hydroxyl groups is 1. The number of rotatable bonds is 16. The Balaban J connectivity index is 0.848. The standard InChI is InChI=1S/C50H60FN9O6S/c1-31-43(67-30-54-31)34-15-16-35(27-53-46(63)40-25-36(61)29-60(40)47(64)44(49(2,3)4)55-48(65)50(51)17-18-50)42(24-34)66-23-7-8-32-11-13-33(14-12-32)28-58-19-21-59(22-20-58)39-26-38(56-57-45(39)52)37-9-5-6-10-41(37)62/h5-6,9-16,24,26,30,36,40,44,61-62H,7-8,17-23,25,27-29H2,1-4H3,(H2,52,57)(H,53,63)(H,55,65)/t36-,40+,44-/m1/s1. The third-order valence-electron chi connectivity index (χ3n) is 12.9. The molecule has 4 heterocycles. The fourth-order valence-corrected chi connectivity index (χ4v) is 9.52. The Bertz CT molecular complexity index is 2570. The Hall–Kier alpha value is -6.17. The molecule has 2 saturated heterocycles. The molecular formula is C50H60FN9O6S. The number of benzene rings is 3. The molecule has 3 fully saturated rings. The third kappa shape index (κ3) is 11.2. The van der Waals surface area contributed by atoms with Crippen LogP contribution in [0, 0.1) is 12.3 Å². The summed E-state index contributed by atoms with van der Waals surface area (Å²) in [6, 6.07) is 21.4.